The summed E-state index contributed by atoms with van der Waals surface area (Å²) in [7, 11) is 5.40. The van der Waals surface area contributed by atoms with E-state index in [1.807, 2.05) is 43.3 Å². The number of aromatic nitrogens is 3. The minimum absolute atomic E-state index is 0.175. The fourth-order valence-electron chi connectivity index (χ4n) is 1.61. The lowest BCUT2D eigenvalue weighted by atomic mass is 10.2. The molecule has 0 fully saturated rings. The van der Waals surface area contributed by atoms with Crippen molar-refractivity contribution in [2.45, 2.75) is 0 Å². The van der Waals surface area contributed by atoms with Gasteiger partial charge in [0, 0.05) is 25.9 Å². The van der Waals surface area contributed by atoms with E-state index < -0.39 is 0 Å². The molecule has 1 heterocycles. The van der Waals surface area contributed by atoms with Crippen LogP contribution >= 0.6 is 0 Å². The maximum absolute atomic E-state index is 11.7. The first kappa shape index (κ1) is 14.6. The van der Waals surface area contributed by atoms with Gasteiger partial charge >= 0.3 is 6.01 Å². The van der Waals surface area contributed by atoms with Gasteiger partial charge in [0.1, 0.15) is 0 Å². The van der Waals surface area contributed by atoms with E-state index in [4.69, 9.17) is 4.74 Å². The van der Waals surface area contributed by atoms with E-state index in [2.05, 4.69) is 20.5 Å². The van der Waals surface area contributed by atoms with Crippen LogP contribution in [0.1, 0.15) is 5.56 Å². The van der Waals surface area contributed by atoms with Gasteiger partial charge < -0.3 is 9.64 Å². The highest BCUT2D eigenvalue weighted by Gasteiger charge is 2.04. The lowest BCUT2D eigenvalue weighted by Gasteiger charge is -2.11. The van der Waals surface area contributed by atoms with Crippen LogP contribution in [0.4, 0.5) is 11.6 Å². The molecule has 0 bridgehead atoms. The highest BCUT2D eigenvalue weighted by molar-refractivity contribution is 6.00. The van der Waals surface area contributed by atoms with Crippen molar-refractivity contribution >= 4 is 23.6 Å². The number of nitrogens with zero attached hydrogens (tertiary/aromatic N) is 3. The molecule has 0 spiro atoms. The minimum atomic E-state index is -0.300. The van der Waals surface area contributed by atoms with Crippen LogP contribution in [0.2, 0.25) is 0 Å². The van der Waals surface area contributed by atoms with Crippen molar-refractivity contribution < 1.29 is 9.53 Å². The Labute approximate surface area is 122 Å². The molecule has 0 saturated carbocycles. The molecular formula is C14H17N5O2. The fourth-order valence-corrected chi connectivity index (χ4v) is 1.61. The summed E-state index contributed by atoms with van der Waals surface area (Å²) in [5, 5.41) is 8.83. The number of anilines is 2. The van der Waals surface area contributed by atoms with Crippen molar-refractivity contribution in [2.75, 3.05) is 31.4 Å². The van der Waals surface area contributed by atoms with Crippen LogP contribution in [-0.2, 0) is 4.79 Å². The Morgan fingerprint density at radius 3 is 2.62 bits per heavy atom. The van der Waals surface area contributed by atoms with Crippen LogP contribution in [0, 0.1) is 0 Å². The SMILES string of the molecule is COc1n[nH]c(NC(=O)/C=C/c2ccc(N(C)C)cc2)n1. The number of amides is 1. The van der Waals surface area contributed by atoms with Gasteiger partial charge in [-0.2, -0.15) is 4.98 Å². The minimum Gasteiger partial charge on any atom is -0.466 e. The second-order valence-corrected chi connectivity index (χ2v) is 4.48. The zero-order valence-corrected chi connectivity index (χ0v) is 12.1. The number of nitrogens with one attached hydrogen (secondary N) is 2. The third kappa shape index (κ3) is 4.07. The summed E-state index contributed by atoms with van der Waals surface area (Å²) in [6.07, 6.45) is 3.15. The number of H-pyrrole nitrogens is 1. The molecule has 0 aliphatic heterocycles. The lowest BCUT2D eigenvalue weighted by molar-refractivity contribution is -0.111. The Morgan fingerprint density at radius 2 is 2.05 bits per heavy atom. The fraction of sp³-hybridized carbons (Fsp3) is 0.214. The first-order valence-electron chi connectivity index (χ1n) is 6.31. The molecule has 2 aromatic rings. The smallest absolute Gasteiger partial charge is 0.336 e. The second kappa shape index (κ2) is 6.56. The van der Waals surface area contributed by atoms with E-state index in [1.54, 1.807) is 6.08 Å². The Bertz CT molecular complexity index is 631. The molecular weight excluding hydrogens is 270 g/mol. The van der Waals surface area contributed by atoms with E-state index in [0.29, 0.717) is 0 Å². The largest absolute Gasteiger partial charge is 0.466 e. The summed E-state index contributed by atoms with van der Waals surface area (Å²) in [5.41, 5.74) is 2.04. The third-order valence-electron chi connectivity index (χ3n) is 2.73. The zero-order valence-electron chi connectivity index (χ0n) is 12.1. The maximum Gasteiger partial charge on any atom is 0.336 e. The summed E-state index contributed by atoms with van der Waals surface area (Å²) in [6, 6.07) is 8.03. The summed E-state index contributed by atoms with van der Waals surface area (Å²) >= 11 is 0. The first-order chi connectivity index (χ1) is 10.1. The van der Waals surface area contributed by atoms with Crippen LogP contribution in [0.15, 0.2) is 30.3 Å². The second-order valence-electron chi connectivity index (χ2n) is 4.48. The molecule has 1 amide bonds. The molecule has 7 nitrogen and oxygen atoms in total. The van der Waals surface area contributed by atoms with Crippen LogP contribution in [0.5, 0.6) is 6.01 Å². The number of aromatic amines is 1. The number of benzene rings is 1. The number of methoxy groups -OCH3 is 1. The van der Waals surface area contributed by atoms with Crippen LogP contribution < -0.4 is 15.0 Å². The molecule has 21 heavy (non-hydrogen) atoms. The van der Waals surface area contributed by atoms with Gasteiger partial charge in [0.25, 0.3) is 5.91 Å². The quantitative estimate of drug-likeness (QED) is 0.815. The topological polar surface area (TPSA) is 83.1 Å². The van der Waals surface area contributed by atoms with Gasteiger partial charge in [-0.25, -0.2) is 5.10 Å². The molecule has 2 rings (SSSR count). The molecule has 0 radical (unpaired) electrons. The number of hydrogen-bond acceptors (Lipinski definition) is 5. The van der Waals surface area contributed by atoms with Gasteiger partial charge in [-0.1, -0.05) is 12.1 Å². The lowest BCUT2D eigenvalue weighted by Crippen LogP contribution is -2.09. The van der Waals surface area contributed by atoms with Crippen LogP contribution in [0.3, 0.4) is 0 Å². The molecule has 0 atom stereocenters. The third-order valence-corrected chi connectivity index (χ3v) is 2.73. The van der Waals surface area contributed by atoms with E-state index >= 15 is 0 Å². The summed E-state index contributed by atoms with van der Waals surface area (Å²) in [4.78, 5) is 17.6. The molecule has 0 unspecified atom stereocenters. The number of carbonyl (C=O) groups excluding carboxylic acids is 1. The number of rotatable bonds is 5. The van der Waals surface area contributed by atoms with E-state index in [9.17, 15) is 4.79 Å². The van der Waals surface area contributed by atoms with Crippen molar-refractivity contribution in [2.24, 2.45) is 0 Å². The van der Waals surface area contributed by atoms with Gasteiger partial charge in [-0.3, -0.25) is 10.1 Å². The predicted molar refractivity (Wildman–Crippen MR) is 81.4 cm³/mol. The monoisotopic (exact) mass is 287 g/mol. The Balaban J connectivity index is 1.95. The number of ether oxygens (including phenoxy) is 1. The maximum atomic E-state index is 11.7. The predicted octanol–water partition coefficient (Wildman–Crippen LogP) is 1.53. The van der Waals surface area contributed by atoms with Crippen molar-refractivity contribution in [3.63, 3.8) is 0 Å². The molecule has 2 N–H and O–H groups in total. The molecule has 0 aliphatic rings. The van der Waals surface area contributed by atoms with Crippen LogP contribution in [-0.4, -0.2) is 42.3 Å². The molecule has 1 aromatic carbocycles. The van der Waals surface area contributed by atoms with Gasteiger partial charge in [0.2, 0.25) is 5.95 Å². The standard InChI is InChI=1S/C14H17N5O2/c1-19(2)11-7-4-10(5-8-11)6-9-12(20)15-13-16-14(21-3)18-17-13/h4-9H,1-3H3,(H2,15,16,17,18,20)/b9-6+. The summed E-state index contributed by atoms with van der Waals surface area (Å²) in [5.74, 6) is -0.0602. The first-order valence-corrected chi connectivity index (χ1v) is 6.31. The van der Waals surface area contributed by atoms with E-state index in [0.717, 1.165) is 11.3 Å². The number of carbonyl (C=O) groups is 1. The Kier molecular flexibility index (Phi) is 4.55. The molecule has 1 aromatic heterocycles. The van der Waals surface area contributed by atoms with Gasteiger partial charge in [-0.15, -0.1) is 5.10 Å². The average Bonchev–Trinajstić information content (AvgIpc) is 2.93. The van der Waals surface area contributed by atoms with Crippen molar-refractivity contribution in [1.82, 2.24) is 15.2 Å². The van der Waals surface area contributed by atoms with E-state index in [-0.39, 0.29) is 17.9 Å². The Hall–Kier alpha value is -2.83. The summed E-state index contributed by atoms with van der Waals surface area (Å²) < 4.78 is 4.81. The van der Waals surface area contributed by atoms with Crippen molar-refractivity contribution in [3.05, 3.63) is 35.9 Å². The van der Waals surface area contributed by atoms with Gasteiger partial charge in [0.05, 0.1) is 7.11 Å². The van der Waals surface area contributed by atoms with Crippen molar-refractivity contribution in [3.8, 4) is 6.01 Å². The number of hydrogen-bond donors (Lipinski definition) is 2. The van der Waals surface area contributed by atoms with Gasteiger partial charge in [-0.05, 0) is 23.8 Å². The molecule has 0 aliphatic carbocycles. The van der Waals surface area contributed by atoms with Gasteiger partial charge in [0.15, 0.2) is 0 Å². The molecule has 0 saturated heterocycles. The Morgan fingerprint density at radius 1 is 1.33 bits per heavy atom. The van der Waals surface area contributed by atoms with E-state index in [1.165, 1.54) is 13.2 Å². The zero-order chi connectivity index (χ0) is 15.2. The van der Waals surface area contributed by atoms with Crippen molar-refractivity contribution in [1.29, 1.82) is 0 Å². The average molecular weight is 287 g/mol. The molecule has 7 heteroatoms. The molecule has 110 valence electrons. The normalized spacial score (nSPS) is 10.6. The van der Waals surface area contributed by atoms with Crippen LogP contribution in [0.25, 0.3) is 6.08 Å². The highest BCUT2D eigenvalue weighted by atomic mass is 16.5. The summed E-state index contributed by atoms with van der Waals surface area (Å²) in [6.45, 7) is 0. The highest BCUT2D eigenvalue weighted by Crippen LogP contribution is 2.13.